The van der Waals surface area contributed by atoms with Crippen molar-refractivity contribution in [1.82, 2.24) is 4.57 Å². The fraction of sp³-hybridized carbons (Fsp3) is 0.200. The summed E-state index contributed by atoms with van der Waals surface area (Å²) in [6.45, 7) is 0. The van der Waals surface area contributed by atoms with Crippen molar-refractivity contribution in [2.45, 2.75) is 0 Å². The molecule has 0 amide bonds. The van der Waals surface area contributed by atoms with Crippen molar-refractivity contribution >= 4 is 15.9 Å². The molecule has 0 unspecified atom stereocenters. The molecule has 0 saturated carbocycles. The Morgan fingerprint density at radius 1 is 1.86 bits per heavy atom. The fourth-order valence-electron chi connectivity index (χ4n) is 0.381. The van der Waals surface area contributed by atoms with E-state index in [1.54, 1.807) is 0 Å². The van der Waals surface area contributed by atoms with E-state index in [1.165, 1.54) is 0 Å². The summed E-state index contributed by atoms with van der Waals surface area (Å²) in [5.74, 6) is 0. The quantitative estimate of drug-likeness (QED) is 0.541. The second-order valence-electron chi connectivity index (χ2n) is 1.37. The molecule has 0 aliphatic rings. The molecule has 0 aliphatic carbocycles. The van der Waals surface area contributed by atoms with Crippen LogP contribution < -0.4 is 0 Å². The average Bonchev–Trinajstić information content (AvgIpc) is 1.91. The first-order valence-electron chi connectivity index (χ1n) is 1.98. The van der Waals surface area contributed by atoms with Crippen LogP contribution in [0, 0.1) is 6.07 Å². The summed E-state index contributed by atoms with van der Waals surface area (Å²) < 4.78 is 3.01. The predicted octanol–water partition coefficient (Wildman–Crippen LogP) is 1.59. The molecule has 0 aromatic carbocycles. The van der Waals surface area contributed by atoms with Gasteiger partial charge < -0.3 is 4.57 Å². The van der Waals surface area contributed by atoms with Gasteiger partial charge in [-0.15, -0.1) is 0 Å². The normalized spacial score (nSPS) is 9.43. The van der Waals surface area contributed by atoms with Crippen LogP contribution in [-0.2, 0) is 7.05 Å². The molecule has 0 spiro atoms. The zero-order chi connectivity index (χ0) is 5.28. The molecule has 0 aliphatic heterocycles. The van der Waals surface area contributed by atoms with Crippen LogP contribution in [0.3, 0.4) is 0 Å². The fourth-order valence-corrected chi connectivity index (χ4v) is 0.616. The maximum absolute atomic E-state index is 3.30. The van der Waals surface area contributed by atoms with Gasteiger partial charge >= 0.3 is 0 Å². The number of hydrogen-bond acceptors (Lipinski definition) is 0. The topological polar surface area (TPSA) is 4.93 Å². The van der Waals surface area contributed by atoms with E-state index in [0.29, 0.717) is 0 Å². The van der Waals surface area contributed by atoms with Crippen molar-refractivity contribution in [1.29, 1.82) is 0 Å². The Morgan fingerprint density at radius 2 is 2.57 bits per heavy atom. The van der Waals surface area contributed by atoms with Gasteiger partial charge in [0.25, 0.3) is 0 Å². The molecule has 7 heavy (non-hydrogen) atoms. The first kappa shape index (κ1) is 4.91. The second-order valence-corrected chi connectivity index (χ2v) is 2.19. The van der Waals surface area contributed by atoms with Gasteiger partial charge in [0.1, 0.15) is 0 Å². The lowest BCUT2D eigenvalue weighted by Crippen LogP contribution is -1.80. The Hall–Kier alpha value is -0.240. The van der Waals surface area contributed by atoms with Crippen LogP contribution in [0.15, 0.2) is 16.9 Å². The van der Waals surface area contributed by atoms with Gasteiger partial charge in [-0.25, -0.2) is 0 Å². The SMILES string of the molecule is Cn1c[c]cc1Br. The van der Waals surface area contributed by atoms with Gasteiger partial charge in [0, 0.05) is 19.3 Å². The lowest BCUT2D eigenvalue weighted by Gasteiger charge is -1.87. The van der Waals surface area contributed by atoms with Crippen molar-refractivity contribution in [3.63, 3.8) is 0 Å². The first-order valence-corrected chi connectivity index (χ1v) is 2.78. The van der Waals surface area contributed by atoms with Crippen LogP contribution >= 0.6 is 15.9 Å². The van der Waals surface area contributed by atoms with E-state index in [2.05, 4.69) is 22.0 Å². The number of halogens is 1. The van der Waals surface area contributed by atoms with Crippen LogP contribution in [0.1, 0.15) is 0 Å². The van der Waals surface area contributed by atoms with Gasteiger partial charge in [-0.1, -0.05) is 0 Å². The van der Waals surface area contributed by atoms with Crippen LogP contribution in [-0.4, -0.2) is 4.57 Å². The van der Waals surface area contributed by atoms with E-state index in [9.17, 15) is 0 Å². The van der Waals surface area contributed by atoms with Crippen LogP contribution in [0.2, 0.25) is 0 Å². The van der Waals surface area contributed by atoms with Gasteiger partial charge in [-0.05, 0) is 22.0 Å². The van der Waals surface area contributed by atoms with E-state index < -0.39 is 0 Å². The molecule has 1 aromatic heterocycles. The van der Waals surface area contributed by atoms with E-state index in [4.69, 9.17) is 0 Å². The lowest BCUT2D eigenvalue weighted by molar-refractivity contribution is 0.901. The molecule has 1 nitrogen and oxygen atoms in total. The summed E-state index contributed by atoms with van der Waals surface area (Å²) >= 11 is 3.30. The summed E-state index contributed by atoms with van der Waals surface area (Å²) in [6, 6.07) is 4.79. The van der Waals surface area contributed by atoms with E-state index >= 15 is 0 Å². The molecular formula is C5H5BrN. The molecule has 2 heteroatoms. The number of aromatic nitrogens is 1. The molecule has 37 valence electrons. The smallest absolute Gasteiger partial charge is 0.0850 e. The largest absolute Gasteiger partial charge is 0.345 e. The third-order valence-electron chi connectivity index (χ3n) is 0.808. The Morgan fingerprint density at radius 3 is 2.71 bits per heavy atom. The summed E-state index contributed by atoms with van der Waals surface area (Å²) in [7, 11) is 1.96. The maximum Gasteiger partial charge on any atom is 0.0850 e. The molecule has 1 aromatic rings. The summed E-state index contributed by atoms with van der Waals surface area (Å²) in [4.78, 5) is 0. The Kier molecular flexibility index (Phi) is 1.19. The molecule has 0 N–H and O–H groups in total. The summed E-state index contributed by atoms with van der Waals surface area (Å²) in [5.41, 5.74) is 0. The zero-order valence-electron chi connectivity index (χ0n) is 3.98. The zero-order valence-corrected chi connectivity index (χ0v) is 5.57. The Labute approximate surface area is 51.1 Å². The average molecular weight is 159 g/mol. The van der Waals surface area contributed by atoms with E-state index in [1.807, 2.05) is 23.9 Å². The van der Waals surface area contributed by atoms with Gasteiger partial charge in [-0.2, -0.15) is 0 Å². The third kappa shape index (κ3) is 0.855. The minimum atomic E-state index is 1.06. The van der Waals surface area contributed by atoms with Crippen LogP contribution in [0.5, 0.6) is 0 Å². The van der Waals surface area contributed by atoms with Crippen molar-refractivity contribution in [2.24, 2.45) is 7.05 Å². The highest BCUT2D eigenvalue weighted by Crippen LogP contribution is 2.05. The lowest BCUT2D eigenvalue weighted by atomic mass is 10.7. The molecule has 1 rings (SSSR count). The van der Waals surface area contributed by atoms with Crippen LogP contribution in [0.25, 0.3) is 0 Å². The van der Waals surface area contributed by atoms with Gasteiger partial charge in [0.2, 0.25) is 0 Å². The minimum Gasteiger partial charge on any atom is -0.345 e. The molecular weight excluding hydrogens is 154 g/mol. The summed E-state index contributed by atoms with van der Waals surface area (Å²) in [6.07, 6.45) is 1.87. The molecule has 1 radical (unpaired) electrons. The first-order chi connectivity index (χ1) is 3.30. The highest BCUT2D eigenvalue weighted by atomic mass is 79.9. The molecule has 1 heterocycles. The second kappa shape index (κ2) is 1.70. The number of rotatable bonds is 0. The van der Waals surface area contributed by atoms with Crippen molar-refractivity contribution in [3.05, 3.63) is 22.9 Å². The van der Waals surface area contributed by atoms with Crippen molar-refractivity contribution in [2.75, 3.05) is 0 Å². The maximum atomic E-state index is 3.30. The third-order valence-corrected chi connectivity index (χ3v) is 1.60. The Balaban J connectivity index is 3.12. The highest BCUT2D eigenvalue weighted by Gasteiger charge is 1.85. The standard InChI is InChI=1S/C5H5BrN/c1-7-4-2-3-5(7)6/h3-4H,1H3. The molecule has 0 saturated heterocycles. The van der Waals surface area contributed by atoms with Crippen molar-refractivity contribution in [3.8, 4) is 0 Å². The van der Waals surface area contributed by atoms with Gasteiger partial charge in [0.05, 0.1) is 4.60 Å². The summed E-state index contributed by atoms with van der Waals surface area (Å²) in [5, 5.41) is 0. The van der Waals surface area contributed by atoms with Gasteiger partial charge in [-0.3, -0.25) is 0 Å². The number of hydrogen-bond donors (Lipinski definition) is 0. The monoisotopic (exact) mass is 158 g/mol. The molecule has 0 bridgehead atoms. The highest BCUT2D eigenvalue weighted by molar-refractivity contribution is 9.10. The minimum absolute atomic E-state index is 1.06. The predicted molar refractivity (Wildman–Crippen MR) is 31.9 cm³/mol. The number of nitrogens with zero attached hydrogens (tertiary/aromatic N) is 1. The number of aryl methyl sites for hydroxylation is 1. The van der Waals surface area contributed by atoms with Crippen LogP contribution in [0.4, 0.5) is 0 Å². The molecule has 0 fully saturated rings. The Bertz CT molecular complexity index is 140. The van der Waals surface area contributed by atoms with Crippen molar-refractivity contribution < 1.29 is 0 Å². The van der Waals surface area contributed by atoms with E-state index in [0.717, 1.165) is 4.60 Å². The molecule has 0 atom stereocenters. The van der Waals surface area contributed by atoms with E-state index in [-0.39, 0.29) is 0 Å². The van der Waals surface area contributed by atoms with Gasteiger partial charge in [0.15, 0.2) is 0 Å².